The molecule has 1 aliphatic carbocycles. The summed E-state index contributed by atoms with van der Waals surface area (Å²) in [6, 6.07) is 6.62. The van der Waals surface area contributed by atoms with E-state index in [9.17, 15) is 8.42 Å². The van der Waals surface area contributed by atoms with Crippen molar-refractivity contribution in [1.29, 1.82) is 0 Å². The molecule has 0 atom stereocenters. The van der Waals surface area contributed by atoms with E-state index < -0.39 is 15.9 Å². The van der Waals surface area contributed by atoms with Crippen LogP contribution in [0.3, 0.4) is 0 Å². The molecule has 1 saturated heterocycles. The van der Waals surface area contributed by atoms with Gasteiger partial charge in [0.2, 0.25) is 0 Å². The molecule has 2 aliphatic rings. The maximum Gasteiger partial charge on any atom is 0.297 e. The molecule has 0 aromatic heterocycles. The minimum absolute atomic E-state index is 0.187. The first kappa shape index (κ1) is 13.1. The van der Waals surface area contributed by atoms with Gasteiger partial charge in [-0.25, -0.2) is 0 Å². The van der Waals surface area contributed by atoms with Crippen molar-refractivity contribution in [3.8, 4) is 0 Å². The van der Waals surface area contributed by atoms with Gasteiger partial charge < -0.3 is 9.47 Å². The van der Waals surface area contributed by atoms with Gasteiger partial charge in [-0.2, -0.15) is 8.42 Å². The summed E-state index contributed by atoms with van der Waals surface area (Å²) < 4.78 is 40.2. The van der Waals surface area contributed by atoms with Crippen molar-refractivity contribution in [3.63, 3.8) is 0 Å². The SMILES string of the molecule is Cc1ccc(S(=O)(=O)OC2CC3(C2)OCCO3)cc1. The summed E-state index contributed by atoms with van der Waals surface area (Å²) >= 11 is 0. The predicted molar refractivity (Wildman–Crippen MR) is 67.1 cm³/mol. The molecule has 1 spiro atoms. The Balaban J connectivity index is 1.65. The minimum atomic E-state index is -3.69. The first-order valence-corrected chi connectivity index (χ1v) is 7.68. The number of ether oxygens (including phenoxy) is 2. The maximum atomic E-state index is 12.0. The fourth-order valence-electron chi connectivity index (χ4n) is 2.37. The molecule has 0 amide bonds. The first-order valence-electron chi connectivity index (χ1n) is 6.27. The quantitative estimate of drug-likeness (QED) is 0.789. The lowest BCUT2D eigenvalue weighted by atomic mass is 9.88. The molecule has 0 radical (unpaired) electrons. The molecular weight excluding hydrogens is 268 g/mol. The van der Waals surface area contributed by atoms with Crippen LogP contribution in [-0.2, 0) is 23.8 Å². The largest absolute Gasteiger partial charge is 0.347 e. The van der Waals surface area contributed by atoms with Crippen LogP contribution in [0.25, 0.3) is 0 Å². The van der Waals surface area contributed by atoms with E-state index in [1.54, 1.807) is 24.3 Å². The molecule has 6 heteroatoms. The number of benzene rings is 1. The molecule has 3 rings (SSSR count). The molecule has 2 fully saturated rings. The number of aryl methyl sites for hydroxylation is 1. The smallest absolute Gasteiger partial charge is 0.297 e. The van der Waals surface area contributed by atoms with Gasteiger partial charge in [-0.15, -0.1) is 0 Å². The number of hydrogen-bond acceptors (Lipinski definition) is 5. The molecule has 19 heavy (non-hydrogen) atoms. The topological polar surface area (TPSA) is 61.8 Å². The highest BCUT2D eigenvalue weighted by Gasteiger charge is 2.51. The third-order valence-corrected chi connectivity index (χ3v) is 4.84. The summed E-state index contributed by atoms with van der Waals surface area (Å²) in [4.78, 5) is 0.187. The Morgan fingerprint density at radius 3 is 2.32 bits per heavy atom. The average Bonchev–Trinajstić information content (AvgIpc) is 2.78. The van der Waals surface area contributed by atoms with Gasteiger partial charge in [0, 0.05) is 12.8 Å². The molecule has 5 nitrogen and oxygen atoms in total. The van der Waals surface area contributed by atoms with Crippen molar-refractivity contribution < 1.29 is 22.1 Å². The van der Waals surface area contributed by atoms with Crippen LogP contribution in [0.1, 0.15) is 18.4 Å². The standard InChI is InChI=1S/C13H16O5S/c1-10-2-4-12(5-3-10)19(14,15)18-11-8-13(9-11)16-6-7-17-13/h2-5,11H,6-9H2,1H3. The molecule has 1 heterocycles. The lowest BCUT2D eigenvalue weighted by Gasteiger charge is -2.41. The molecule has 1 saturated carbocycles. The molecule has 0 bridgehead atoms. The summed E-state index contributed by atoms with van der Waals surface area (Å²) in [5.41, 5.74) is 1.01. The zero-order chi connectivity index (χ0) is 13.5. The van der Waals surface area contributed by atoms with Gasteiger partial charge in [-0.05, 0) is 19.1 Å². The molecule has 0 N–H and O–H groups in total. The van der Waals surface area contributed by atoms with Gasteiger partial charge in [0.25, 0.3) is 10.1 Å². The van der Waals surface area contributed by atoms with Crippen molar-refractivity contribution >= 4 is 10.1 Å². The van der Waals surface area contributed by atoms with E-state index >= 15 is 0 Å². The van der Waals surface area contributed by atoms with E-state index in [1.807, 2.05) is 6.92 Å². The van der Waals surface area contributed by atoms with Crippen molar-refractivity contribution in [2.75, 3.05) is 13.2 Å². The van der Waals surface area contributed by atoms with Gasteiger partial charge in [-0.3, -0.25) is 4.18 Å². The maximum absolute atomic E-state index is 12.0. The van der Waals surface area contributed by atoms with Crippen LogP contribution in [0.4, 0.5) is 0 Å². The van der Waals surface area contributed by atoms with E-state index in [-0.39, 0.29) is 11.0 Å². The summed E-state index contributed by atoms with van der Waals surface area (Å²) in [7, 11) is -3.69. The average molecular weight is 284 g/mol. The third kappa shape index (κ3) is 2.53. The van der Waals surface area contributed by atoms with Crippen LogP contribution in [0.2, 0.25) is 0 Å². The molecule has 104 valence electrons. The fourth-order valence-corrected chi connectivity index (χ4v) is 3.45. The molecule has 1 aromatic carbocycles. The van der Waals surface area contributed by atoms with Crippen molar-refractivity contribution in [3.05, 3.63) is 29.8 Å². The van der Waals surface area contributed by atoms with Gasteiger partial charge in [-0.1, -0.05) is 17.7 Å². The van der Waals surface area contributed by atoms with Crippen LogP contribution in [0.15, 0.2) is 29.2 Å². The Bertz CT molecular complexity index is 549. The second-order valence-corrected chi connectivity index (χ2v) is 6.57. The summed E-state index contributed by atoms with van der Waals surface area (Å²) in [5.74, 6) is -0.590. The molecule has 1 aromatic rings. The van der Waals surface area contributed by atoms with Gasteiger partial charge in [0.15, 0.2) is 5.79 Å². The van der Waals surface area contributed by atoms with Gasteiger partial charge in [0.05, 0.1) is 24.2 Å². The van der Waals surface area contributed by atoms with Crippen LogP contribution < -0.4 is 0 Å². The van der Waals surface area contributed by atoms with E-state index in [1.165, 1.54) is 0 Å². The van der Waals surface area contributed by atoms with Gasteiger partial charge >= 0.3 is 0 Å². The minimum Gasteiger partial charge on any atom is -0.347 e. The molecule has 0 unspecified atom stereocenters. The highest BCUT2D eigenvalue weighted by molar-refractivity contribution is 7.86. The van der Waals surface area contributed by atoms with Crippen LogP contribution in [0, 0.1) is 6.92 Å². The van der Waals surface area contributed by atoms with E-state index in [4.69, 9.17) is 13.7 Å². The second-order valence-electron chi connectivity index (χ2n) is 5.00. The Hall–Kier alpha value is -0.950. The Kier molecular flexibility index (Phi) is 3.13. The summed E-state index contributed by atoms with van der Waals surface area (Å²) in [6.07, 6.45) is 0.584. The van der Waals surface area contributed by atoms with Crippen LogP contribution >= 0.6 is 0 Å². The third-order valence-electron chi connectivity index (χ3n) is 3.46. The summed E-state index contributed by atoms with van der Waals surface area (Å²) in [5, 5.41) is 0. The van der Waals surface area contributed by atoms with E-state index in [2.05, 4.69) is 0 Å². The number of rotatable bonds is 3. The molecular formula is C13H16O5S. The Labute approximate surface area is 112 Å². The molecule has 1 aliphatic heterocycles. The second kappa shape index (κ2) is 4.56. The first-order chi connectivity index (χ1) is 8.99. The fraction of sp³-hybridized carbons (Fsp3) is 0.538. The normalized spacial score (nSPS) is 22.6. The summed E-state index contributed by atoms with van der Waals surface area (Å²) in [6.45, 7) is 3.04. The zero-order valence-corrected chi connectivity index (χ0v) is 11.5. The predicted octanol–water partition coefficient (Wildman–Crippen LogP) is 1.61. The number of hydrogen-bond donors (Lipinski definition) is 0. The van der Waals surface area contributed by atoms with Crippen molar-refractivity contribution in [2.24, 2.45) is 0 Å². The zero-order valence-electron chi connectivity index (χ0n) is 10.7. The Morgan fingerprint density at radius 1 is 1.16 bits per heavy atom. The van der Waals surface area contributed by atoms with Crippen molar-refractivity contribution in [1.82, 2.24) is 0 Å². The van der Waals surface area contributed by atoms with E-state index in [0.29, 0.717) is 26.1 Å². The lowest BCUT2D eigenvalue weighted by Crippen LogP contribution is -2.49. The Morgan fingerprint density at radius 2 is 1.74 bits per heavy atom. The lowest BCUT2D eigenvalue weighted by molar-refractivity contribution is -0.239. The van der Waals surface area contributed by atoms with Gasteiger partial charge in [0.1, 0.15) is 0 Å². The highest BCUT2D eigenvalue weighted by atomic mass is 32.2. The van der Waals surface area contributed by atoms with E-state index in [0.717, 1.165) is 5.56 Å². The van der Waals surface area contributed by atoms with Crippen LogP contribution in [0.5, 0.6) is 0 Å². The highest BCUT2D eigenvalue weighted by Crippen LogP contribution is 2.42. The monoisotopic (exact) mass is 284 g/mol. The van der Waals surface area contributed by atoms with Crippen LogP contribution in [-0.4, -0.2) is 33.5 Å². The van der Waals surface area contributed by atoms with Crippen molar-refractivity contribution in [2.45, 2.75) is 36.6 Å².